The summed E-state index contributed by atoms with van der Waals surface area (Å²) in [7, 11) is 0. The molecule has 0 aromatic carbocycles. The third-order valence-corrected chi connectivity index (χ3v) is 3.86. The number of hydrogen-bond donors (Lipinski definition) is 3. The van der Waals surface area contributed by atoms with E-state index in [1.54, 1.807) is 0 Å². The fraction of sp³-hybridized carbons (Fsp3) is 0.412. The SMILES string of the molecule is N#CC1CCOCC1N/C=C(/C(N)=O)C(N)=Nc1ccc(OCC(F)(F)F)nc1. The van der Waals surface area contributed by atoms with Crippen LogP contribution in [-0.2, 0) is 9.53 Å². The first-order valence-corrected chi connectivity index (χ1v) is 8.43. The quantitative estimate of drug-likeness (QED) is 0.342. The Hall–Kier alpha value is -3.33. The van der Waals surface area contributed by atoms with Gasteiger partial charge in [0.2, 0.25) is 5.88 Å². The van der Waals surface area contributed by atoms with Gasteiger partial charge in [-0.15, -0.1) is 0 Å². The number of aliphatic imine (C=N–C) groups is 1. The number of pyridine rings is 1. The Morgan fingerprint density at radius 1 is 1.48 bits per heavy atom. The number of nitrogens with zero attached hydrogens (tertiary/aromatic N) is 3. The van der Waals surface area contributed by atoms with Gasteiger partial charge in [0.15, 0.2) is 6.61 Å². The Labute approximate surface area is 164 Å². The van der Waals surface area contributed by atoms with E-state index in [0.717, 1.165) is 6.20 Å². The molecule has 29 heavy (non-hydrogen) atoms. The highest BCUT2D eigenvalue weighted by Crippen LogP contribution is 2.19. The summed E-state index contributed by atoms with van der Waals surface area (Å²) in [5.41, 5.74) is 11.2. The van der Waals surface area contributed by atoms with Gasteiger partial charge in [-0.3, -0.25) is 4.79 Å². The van der Waals surface area contributed by atoms with Crippen molar-refractivity contribution in [1.82, 2.24) is 10.3 Å². The summed E-state index contributed by atoms with van der Waals surface area (Å²) in [4.78, 5) is 19.4. The molecule has 1 fully saturated rings. The Bertz CT molecular complexity index is 817. The Morgan fingerprint density at radius 2 is 2.24 bits per heavy atom. The molecule has 1 aliphatic rings. The third-order valence-electron chi connectivity index (χ3n) is 3.86. The zero-order valence-corrected chi connectivity index (χ0v) is 15.1. The minimum Gasteiger partial charge on any atom is -0.468 e. The summed E-state index contributed by atoms with van der Waals surface area (Å²) in [5, 5.41) is 12.1. The van der Waals surface area contributed by atoms with Gasteiger partial charge in [0.25, 0.3) is 5.91 Å². The predicted molar refractivity (Wildman–Crippen MR) is 95.8 cm³/mol. The maximum Gasteiger partial charge on any atom is 0.422 e. The first-order chi connectivity index (χ1) is 13.7. The number of carbonyl (C=O) groups is 1. The van der Waals surface area contributed by atoms with Crippen LogP contribution in [0.2, 0.25) is 0 Å². The van der Waals surface area contributed by atoms with E-state index in [1.807, 2.05) is 0 Å². The second-order valence-corrected chi connectivity index (χ2v) is 6.05. The maximum absolute atomic E-state index is 12.1. The second kappa shape index (κ2) is 9.74. The number of rotatable bonds is 7. The first-order valence-electron chi connectivity index (χ1n) is 8.43. The van der Waals surface area contributed by atoms with Crippen molar-refractivity contribution < 1.29 is 27.4 Å². The average molecular weight is 412 g/mol. The molecule has 0 aliphatic carbocycles. The van der Waals surface area contributed by atoms with Crippen molar-refractivity contribution in [2.75, 3.05) is 19.8 Å². The normalized spacial score (nSPS) is 20.6. The molecule has 1 aromatic rings. The number of nitriles is 1. The summed E-state index contributed by atoms with van der Waals surface area (Å²) < 4.78 is 46.2. The fourth-order valence-electron chi connectivity index (χ4n) is 2.40. The van der Waals surface area contributed by atoms with Crippen molar-refractivity contribution in [2.45, 2.75) is 18.6 Å². The van der Waals surface area contributed by atoms with Gasteiger partial charge in [0, 0.05) is 18.9 Å². The first kappa shape index (κ1) is 22.0. The Balaban J connectivity index is 2.09. The fourth-order valence-corrected chi connectivity index (χ4v) is 2.40. The van der Waals surface area contributed by atoms with Gasteiger partial charge >= 0.3 is 6.18 Å². The van der Waals surface area contributed by atoms with Crippen molar-refractivity contribution in [1.29, 1.82) is 5.26 Å². The number of hydrogen-bond acceptors (Lipinski definition) is 7. The highest BCUT2D eigenvalue weighted by Gasteiger charge is 2.28. The van der Waals surface area contributed by atoms with Gasteiger partial charge in [-0.2, -0.15) is 18.4 Å². The van der Waals surface area contributed by atoms with Crippen molar-refractivity contribution in [3.8, 4) is 11.9 Å². The van der Waals surface area contributed by atoms with Crippen LogP contribution in [0.15, 0.2) is 35.1 Å². The largest absolute Gasteiger partial charge is 0.468 e. The Kier molecular flexibility index (Phi) is 7.38. The molecule has 2 rings (SSSR count). The van der Waals surface area contributed by atoms with Gasteiger partial charge in [0.05, 0.1) is 42.1 Å². The maximum atomic E-state index is 12.1. The highest BCUT2D eigenvalue weighted by atomic mass is 19.4. The number of alkyl halides is 3. The number of nitrogens with one attached hydrogen (secondary N) is 1. The molecule has 0 bridgehead atoms. The molecule has 2 unspecified atom stereocenters. The summed E-state index contributed by atoms with van der Waals surface area (Å²) in [6.45, 7) is -0.719. The third kappa shape index (κ3) is 6.96. The lowest BCUT2D eigenvalue weighted by molar-refractivity contribution is -0.154. The van der Waals surface area contributed by atoms with Crippen LogP contribution in [0.25, 0.3) is 0 Å². The molecule has 0 radical (unpaired) electrons. The topological polar surface area (TPSA) is 149 Å². The summed E-state index contributed by atoms with van der Waals surface area (Å²) in [5.74, 6) is -1.64. The van der Waals surface area contributed by atoms with Crippen molar-refractivity contribution in [3.63, 3.8) is 0 Å². The molecule has 1 amide bonds. The summed E-state index contributed by atoms with van der Waals surface area (Å²) >= 11 is 0. The van der Waals surface area contributed by atoms with Crippen LogP contribution in [0.4, 0.5) is 18.9 Å². The van der Waals surface area contributed by atoms with E-state index in [4.69, 9.17) is 21.5 Å². The van der Waals surface area contributed by atoms with E-state index in [9.17, 15) is 18.0 Å². The van der Waals surface area contributed by atoms with E-state index in [1.165, 1.54) is 18.3 Å². The van der Waals surface area contributed by atoms with E-state index in [2.05, 4.69) is 26.1 Å². The summed E-state index contributed by atoms with van der Waals surface area (Å²) in [6.07, 6.45) is -1.54. The van der Waals surface area contributed by atoms with Crippen LogP contribution in [0.5, 0.6) is 5.88 Å². The van der Waals surface area contributed by atoms with Crippen LogP contribution in [0.3, 0.4) is 0 Å². The second-order valence-electron chi connectivity index (χ2n) is 6.05. The molecule has 156 valence electrons. The number of amidine groups is 1. The average Bonchev–Trinajstić information content (AvgIpc) is 2.67. The van der Waals surface area contributed by atoms with Gasteiger partial charge < -0.3 is 26.3 Å². The standard InChI is InChI=1S/C17H19F3N6O3/c18-17(19,20)9-29-14-2-1-11(6-25-14)26-15(22)12(16(23)27)7-24-13-8-28-4-3-10(13)5-21/h1-2,6-7,10,13,24H,3-4,8-9H2,(H2,22,26)(H2,23,27)/b12-7+. The van der Waals surface area contributed by atoms with E-state index in [-0.39, 0.29) is 41.5 Å². The molecule has 1 aromatic heterocycles. The van der Waals surface area contributed by atoms with Crippen molar-refractivity contribution in [2.24, 2.45) is 22.4 Å². The molecule has 9 nitrogen and oxygen atoms in total. The van der Waals surface area contributed by atoms with Gasteiger partial charge in [-0.25, -0.2) is 9.98 Å². The van der Waals surface area contributed by atoms with Crippen LogP contribution >= 0.6 is 0 Å². The zero-order valence-electron chi connectivity index (χ0n) is 15.1. The van der Waals surface area contributed by atoms with Crippen molar-refractivity contribution in [3.05, 3.63) is 30.1 Å². The van der Waals surface area contributed by atoms with E-state index >= 15 is 0 Å². The molecule has 1 saturated heterocycles. The highest BCUT2D eigenvalue weighted by molar-refractivity contribution is 6.20. The number of ether oxygens (including phenoxy) is 2. The number of halogens is 3. The smallest absolute Gasteiger partial charge is 0.422 e. The minimum absolute atomic E-state index is 0.135. The molecule has 0 saturated carbocycles. The number of aromatic nitrogens is 1. The molecular weight excluding hydrogens is 393 g/mol. The van der Waals surface area contributed by atoms with Gasteiger partial charge in [-0.05, 0) is 12.5 Å². The Morgan fingerprint density at radius 3 is 2.83 bits per heavy atom. The molecule has 2 atom stereocenters. The molecule has 0 spiro atoms. The lowest BCUT2D eigenvalue weighted by Gasteiger charge is -2.27. The number of amides is 1. The number of carbonyl (C=O) groups excluding carboxylic acids is 1. The molecule has 5 N–H and O–H groups in total. The van der Waals surface area contributed by atoms with Gasteiger partial charge in [-0.1, -0.05) is 0 Å². The predicted octanol–water partition coefficient (Wildman–Crippen LogP) is 0.899. The lowest BCUT2D eigenvalue weighted by Crippen LogP contribution is -2.42. The number of nitrogens with two attached hydrogens (primary N) is 2. The van der Waals surface area contributed by atoms with E-state index < -0.39 is 18.7 Å². The zero-order chi connectivity index (χ0) is 21.4. The molecule has 2 heterocycles. The van der Waals surface area contributed by atoms with Crippen LogP contribution in [-0.4, -0.2) is 48.8 Å². The van der Waals surface area contributed by atoms with Crippen LogP contribution < -0.4 is 21.5 Å². The monoisotopic (exact) mass is 412 g/mol. The van der Waals surface area contributed by atoms with Crippen molar-refractivity contribution >= 4 is 17.4 Å². The van der Waals surface area contributed by atoms with Crippen LogP contribution in [0, 0.1) is 17.2 Å². The molecule has 12 heteroatoms. The van der Waals surface area contributed by atoms with E-state index in [0.29, 0.717) is 13.0 Å². The lowest BCUT2D eigenvalue weighted by atomic mass is 9.96. The number of primary amides is 1. The molecular formula is C17H19F3N6O3. The van der Waals surface area contributed by atoms with Gasteiger partial charge in [0.1, 0.15) is 5.84 Å². The van der Waals surface area contributed by atoms with Crippen LogP contribution in [0.1, 0.15) is 6.42 Å². The minimum atomic E-state index is -4.48. The summed E-state index contributed by atoms with van der Waals surface area (Å²) in [6, 6.07) is 4.32. The molecule has 1 aliphatic heterocycles.